The molecule has 0 spiro atoms. The van der Waals surface area contributed by atoms with Gasteiger partial charge in [-0.05, 0) is 31.8 Å². The molecule has 0 aliphatic carbocycles. The lowest BCUT2D eigenvalue weighted by Gasteiger charge is -2.20. The molecular weight excluding hydrogens is 188 g/mol. The Morgan fingerprint density at radius 3 is 2.13 bits per heavy atom. The average Bonchev–Trinajstić information content (AvgIpc) is 2.15. The maximum atomic E-state index is 11.6. The highest BCUT2D eigenvalue weighted by atomic mass is 16.2. The number of rotatable bonds is 8. The fourth-order valence-corrected chi connectivity index (χ4v) is 1.48. The Morgan fingerprint density at radius 1 is 1.20 bits per heavy atom. The van der Waals surface area contributed by atoms with E-state index in [1.165, 1.54) is 0 Å². The highest BCUT2D eigenvalue weighted by Crippen LogP contribution is 1.94. The van der Waals surface area contributed by atoms with Crippen LogP contribution in [0.3, 0.4) is 0 Å². The van der Waals surface area contributed by atoms with Gasteiger partial charge in [0.15, 0.2) is 0 Å². The Balaban J connectivity index is 3.77. The Kier molecular flexibility index (Phi) is 8.38. The number of amides is 1. The molecule has 0 heterocycles. The summed E-state index contributed by atoms with van der Waals surface area (Å²) in [4.78, 5) is 13.8. The van der Waals surface area contributed by atoms with Crippen LogP contribution in [-0.2, 0) is 4.79 Å². The van der Waals surface area contributed by atoms with E-state index in [0.717, 1.165) is 32.5 Å². The molecule has 0 unspecified atom stereocenters. The number of hydrogen-bond acceptors (Lipinski definition) is 2. The SMILES string of the molecule is CCCN(CCC)CC(=O)NCC(C)C. The van der Waals surface area contributed by atoms with Gasteiger partial charge in [0.2, 0.25) is 5.91 Å². The number of carbonyl (C=O) groups excluding carboxylic acids is 1. The third-order valence-electron chi connectivity index (χ3n) is 2.15. The first-order valence-electron chi connectivity index (χ1n) is 6.09. The number of carbonyl (C=O) groups is 1. The van der Waals surface area contributed by atoms with Crippen LogP contribution in [0.5, 0.6) is 0 Å². The van der Waals surface area contributed by atoms with Crippen LogP contribution in [0.2, 0.25) is 0 Å². The smallest absolute Gasteiger partial charge is 0.234 e. The van der Waals surface area contributed by atoms with Gasteiger partial charge in [0.25, 0.3) is 0 Å². The summed E-state index contributed by atoms with van der Waals surface area (Å²) in [7, 11) is 0. The zero-order valence-corrected chi connectivity index (χ0v) is 10.7. The lowest BCUT2D eigenvalue weighted by molar-refractivity contribution is -0.122. The first-order valence-corrected chi connectivity index (χ1v) is 6.09. The summed E-state index contributed by atoms with van der Waals surface area (Å²) < 4.78 is 0. The van der Waals surface area contributed by atoms with Crippen molar-refractivity contribution in [3.63, 3.8) is 0 Å². The van der Waals surface area contributed by atoms with Crippen LogP contribution in [0.1, 0.15) is 40.5 Å². The highest BCUT2D eigenvalue weighted by Gasteiger charge is 2.08. The maximum Gasteiger partial charge on any atom is 0.234 e. The molecular formula is C12H26N2O. The van der Waals surface area contributed by atoms with Gasteiger partial charge in [-0.15, -0.1) is 0 Å². The molecule has 0 saturated heterocycles. The van der Waals surface area contributed by atoms with Gasteiger partial charge in [-0.1, -0.05) is 27.7 Å². The summed E-state index contributed by atoms with van der Waals surface area (Å²) in [6.07, 6.45) is 2.22. The van der Waals surface area contributed by atoms with E-state index in [-0.39, 0.29) is 5.91 Å². The molecule has 0 fully saturated rings. The van der Waals surface area contributed by atoms with Crippen LogP contribution in [0.25, 0.3) is 0 Å². The summed E-state index contributed by atoms with van der Waals surface area (Å²) in [5.74, 6) is 0.686. The van der Waals surface area contributed by atoms with Crippen molar-refractivity contribution in [2.75, 3.05) is 26.2 Å². The number of nitrogens with zero attached hydrogens (tertiary/aromatic N) is 1. The first kappa shape index (κ1) is 14.4. The van der Waals surface area contributed by atoms with Gasteiger partial charge in [-0.25, -0.2) is 0 Å². The fraction of sp³-hybridized carbons (Fsp3) is 0.917. The molecule has 0 aromatic heterocycles. The van der Waals surface area contributed by atoms with Crippen molar-refractivity contribution < 1.29 is 4.79 Å². The summed E-state index contributed by atoms with van der Waals surface area (Å²) in [6, 6.07) is 0. The molecule has 0 rings (SSSR count). The molecule has 0 aromatic rings. The van der Waals surface area contributed by atoms with Crippen LogP contribution in [0.15, 0.2) is 0 Å². The van der Waals surface area contributed by atoms with Gasteiger partial charge >= 0.3 is 0 Å². The van der Waals surface area contributed by atoms with Crippen LogP contribution < -0.4 is 5.32 Å². The molecule has 15 heavy (non-hydrogen) atoms. The van der Waals surface area contributed by atoms with E-state index in [1.54, 1.807) is 0 Å². The van der Waals surface area contributed by atoms with Crippen molar-refractivity contribution in [2.45, 2.75) is 40.5 Å². The molecule has 3 heteroatoms. The second-order valence-corrected chi connectivity index (χ2v) is 4.47. The molecule has 1 amide bonds. The Bertz CT molecular complexity index is 163. The van der Waals surface area contributed by atoms with E-state index in [2.05, 4.69) is 37.9 Å². The summed E-state index contributed by atoms with van der Waals surface area (Å²) in [5, 5.41) is 2.95. The molecule has 0 bridgehead atoms. The Labute approximate surface area is 94.2 Å². The lowest BCUT2D eigenvalue weighted by atomic mass is 10.2. The molecule has 0 saturated carbocycles. The van der Waals surface area contributed by atoms with Crippen molar-refractivity contribution in [3.05, 3.63) is 0 Å². The van der Waals surface area contributed by atoms with Gasteiger partial charge in [0.05, 0.1) is 6.54 Å². The second kappa shape index (κ2) is 8.72. The van der Waals surface area contributed by atoms with Gasteiger partial charge in [0.1, 0.15) is 0 Å². The van der Waals surface area contributed by atoms with Gasteiger partial charge in [0, 0.05) is 6.54 Å². The second-order valence-electron chi connectivity index (χ2n) is 4.47. The third kappa shape index (κ3) is 8.43. The van der Waals surface area contributed by atoms with Crippen molar-refractivity contribution in [1.29, 1.82) is 0 Å². The van der Waals surface area contributed by atoms with Crippen molar-refractivity contribution in [2.24, 2.45) is 5.92 Å². The summed E-state index contributed by atoms with van der Waals surface area (Å²) in [5.41, 5.74) is 0. The molecule has 90 valence electrons. The van der Waals surface area contributed by atoms with Crippen LogP contribution in [0, 0.1) is 5.92 Å². The third-order valence-corrected chi connectivity index (χ3v) is 2.15. The minimum absolute atomic E-state index is 0.158. The molecule has 0 aliphatic rings. The van der Waals surface area contributed by atoms with E-state index in [1.807, 2.05) is 0 Å². The van der Waals surface area contributed by atoms with Crippen molar-refractivity contribution in [1.82, 2.24) is 10.2 Å². The van der Waals surface area contributed by atoms with Crippen molar-refractivity contribution in [3.8, 4) is 0 Å². The normalized spacial score (nSPS) is 11.1. The van der Waals surface area contributed by atoms with Crippen molar-refractivity contribution >= 4 is 5.91 Å². The fourth-order valence-electron chi connectivity index (χ4n) is 1.48. The quantitative estimate of drug-likeness (QED) is 0.669. The molecule has 0 aliphatic heterocycles. The highest BCUT2D eigenvalue weighted by molar-refractivity contribution is 5.77. The van der Waals surface area contributed by atoms with Gasteiger partial charge in [-0.3, -0.25) is 9.69 Å². The molecule has 3 nitrogen and oxygen atoms in total. The summed E-state index contributed by atoms with van der Waals surface area (Å²) >= 11 is 0. The van der Waals surface area contributed by atoms with Crippen LogP contribution in [-0.4, -0.2) is 37.0 Å². The Morgan fingerprint density at radius 2 is 1.73 bits per heavy atom. The van der Waals surface area contributed by atoms with Gasteiger partial charge in [-0.2, -0.15) is 0 Å². The zero-order chi connectivity index (χ0) is 11.7. The monoisotopic (exact) mass is 214 g/mol. The summed E-state index contributed by atoms with van der Waals surface area (Å²) in [6.45, 7) is 11.9. The largest absolute Gasteiger partial charge is 0.355 e. The van der Waals surface area contributed by atoms with E-state index in [9.17, 15) is 4.79 Å². The van der Waals surface area contributed by atoms with E-state index >= 15 is 0 Å². The number of nitrogens with one attached hydrogen (secondary N) is 1. The lowest BCUT2D eigenvalue weighted by Crippen LogP contribution is -2.39. The van der Waals surface area contributed by atoms with E-state index in [0.29, 0.717) is 12.5 Å². The van der Waals surface area contributed by atoms with E-state index < -0.39 is 0 Å². The standard InChI is InChI=1S/C12H26N2O/c1-5-7-14(8-6-2)10-12(15)13-9-11(3)4/h11H,5-10H2,1-4H3,(H,13,15). The zero-order valence-electron chi connectivity index (χ0n) is 10.7. The minimum atomic E-state index is 0.158. The van der Waals surface area contributed by atoms with Crippen LogP contribution >= 0.6 is 0 Å². The predicted molar refractivity (Wildman–Crippen MR) is 64.9 cm³/mol. The maximum absolute atomic E-state index is 11.6. The molecule has 0 atom stereocenters. The molecule has 0 aromatic carbocycles. The van der Waals surface area contributed by atoms with Gasteiger partial charge < -0.3 is 5.32 Å². The van der Waals surface area contributed by atoms with E-state index in [4.69, 9.17) is 0 Å². The molecule has 0 radical (unpaired) electrons. The average molecular weight is 214 g/mol. The number of hydrogen-bond donors (Lipinski definition) is 1. The van der Waals surface area contributed by atoms with Crippen LogP contribution in [0.4, 0.5) is 0 Å². The Hall–Kier alpha value is -0.570. The molecule has 1 N–H and O–H groups in total. The minimum Gasteiger partial charge on any atom is -0.355 e. The first-order chi connectivity index (χ1) is 7.10. The topological polar surface area (TPSA) is 32.3 Å². The predicted octanol–water partition coefficient (Wildman–Crippen LogP) is 1.88.